The number of fused-ring (bicyclic) bond motifs is 1. The van der Waals surface area contributed by atoms with E-state index >= 15 is 0 Å². The van der Waals surface area contributed by atoms with E-state index in [1.54, 1.807) is 43.2 Å². The predicted molar refractivity (Wildman–Crippen MR) is 101 cm³/mol. The highest BCUT2D eigenvalue weighted by molar-refractivity contribution is 6.05. The van der Waals surface area contributed by atoms with Gasteiger partial charge in [0.1, 0.15) is 18.0 Å². The standard InChI is InChI=1S/C20H20N2O5/c1-25-14-8-13(9-15(10-14)26-2)21-19(23)12-22-11-17(20(24)27-3)16-6-4-5-7-18(16)22/h4-11H,12H2,1-3H3,(H,21,23). The molecular weight excluding hydrogens is 348 g/mol. The molecule has 0 saturated carbocycles. The third-order valence-corrected chi connectivity index (χ3v) is 4.14. The van der Waals surface area contributed by atoms with Crippen LogP contribution in [-0.2, 0) is 16.1 Å². The minimum atomic E-state index is -0.442. The van der Waals surface area contributed by atoms with Crippen LogP contribution in [0.1, 0.15) is 10.4 Å². The van der Waals surface area contributed by atoms with Gasteiger partial charge in [0.05, 0.1) is 26.9 Å². The molecular formula is C20H20N2O5. The Morgan fingerprint density at radius 3 is 2.30 bits per heavy atom. The number of hydrogen-bond acceptors (Lipinski definition) is 5. The zero-order valence-electron chi connectivity index (χ0n) is 15.3. The number of aromatic nitrogens is 1. The van der Waals surface area contributed by atoms with Crippen LogP contribution in [0.5, 0.6) is 11.5 Å². The van der Waals surface area contributed by atoms with Crippen molar-refractivity contribution in [3.63, 3.8) is 0 Å². The normalized spacial score (nSPS) is 10.5. The molecule has 3 rings (SSSR count). The summed E-state index contributed by atoms with van der Waals surface area (Å²) >= 11 is 0. The number of ether oxygens (including phenoxy) is 3. The van der Waals surface area contributed by atoms with E-state index in [0.717, 1.165) is 10.9 Å². The number of nitrogens with one attached hydrogen (secondary N) is 1. The maximum atomic E-state index is 12.5. The van der Waals surface area contributed by atoms with Crippen molar-refractivity contribution in [3.8, 4) is 11.5 Å². The molecule has 7 heteroatoms. The number of para-hydroxylation sites is 1. The molecule has 0 aliphatic heterocycles. The third kappa shape index (κ3) is 3.87. The van der Waals surface area contributed by atoms with Crippen LogP contribution >= 0.6 is 0 Å². The first kappa shape index (κ1) is 18.3. The number of hydrogen-bond donors (Lipinski definition) is 1. The van der Waals surface area contributed by atoms with E-state index in [9.17, 15) is 9.59 Å². The summed E-state index contributed by atoms with van der Waals surface area (Å²) in [6.07, 6.45) is 1.63. The first-order chi connectivity index (χ1) is 13.0. The summed E-state index contributed by atoms with van der Waals surface area (Å²) < 4.78 is 17.0. The summed E-state index contributed by atoms with van der Waals surface area (Å²) in [6.45, 7) is 0.0387. The summed E-state index contributed by atoms with van der Waals surface area (Å²) in [5, 5.41) is 3.56. The molecule has 0 aliphatic carbocycles. The maximum absolute atomic E-state index is 12.5. The molecule has 140 valence electrons. The van der Waals surface area contributed by atoms with Gasteiger partial charge in [-0.2, -0.15) is 0 Å². The highest BCUT2D eigenvalue weighted by Gasteiger charge is 2.16. The molecule has 1 heterocycles. The van der Waals surface area contributed by atoms with Gasteiger partial charge in [-0.05, 0) is 6.07 Å². The van der Waals surface area contributed by atoms with Crippen LogP contribution in [0.2, 0.25) is 0 Å². The Kier molecular flexibility index (Phi) is 5.30. The van der Waals surface area contributed by atoms with Crippen molar-refractivity contribution in [1.29, 1.82) is 0 Å². The van der Waals surface area contributed by atoms with Gasteiger partial charge in [-0.3, -0.25) is 4.79 Å². The molecule has 1 N–H and O–H groups in total. The summed E-state index contributed by atoms with van der Waals surface area (Å²) in [5.74, 6) is 0.457. The fourth-order valence-corrected chi connectivity index (χ4v) is 2.89. The van der Waals surface area contributed by atoms with Crippen LogP contribution in [0, 0.1) is 0 Å². The first-order valence-corrected chi connectivity index (χ1v) is 8.25. The van der Waals surface area contributed by atoms with Crippen LogP contribution in [0.25, 0.3) is 10.9 Å². The highest BCUT2D eigenvalue weighted by Crippen LogP contribution is 2.26. The van der Waals surface area contributed by atoms with Crippen LogP contribution in [0.3, 0.4) is 0 Å². The number of carbonyl (C=O) groups excluding carboxylic acids is 2. The molecule has 27 heavy (non-hydrogen) atoms. The van der Waals surface area contributed by atoms with Crippen molar-refractivity contribution < 1.29 is 23.8 Å². The Balaban J connectivity index is 1.86. The average Bonchev–Trinajstić information content (AvgIpc) is 3.05. The molecule has 0 fully saturated rings. The molecule has 0 atom stereocenters. The van der Waals surface area contributed by atoms with Gasteiger partial charge in [-0.15, -0.1) is 0 Å². The fraction of sp³-hybridized carbons (Fsp3) is 0.200. The molecule has 2 aromatic carbocycles. The first-order valence-electron chi connectivity index (χ1n) is 8.25. The SMILES string of the molecule is COC(=O)c1cn(CC(=O)Nc2cc(OC)cc(OC)c2)c2ccccc12. The number of methoxy groups -OCH3 is 3. The van der Waals surface area contributed by atoms with E-state index < -0.39 is 5.97 Å². The van der Waals surface area contributed by atoms with Crippen molar-refractivity contribution in [1.82, 2.24) is 4.57 Å². The van der Waals surface area contributed by atoms with Crippen LogP contribution in [0.4, 0.5) is 5.69 Å². The Morgan fingerprint density at radius 2 is 1.67 bits per heavy atom. The average molecular weight is 368 g/mol. The zero-order chi connectivity index (χ0) is 19.4. The van der Waals surface area contributed by atoms with Gasteiger partial charge in [0.2, 0.25) is 5.91 Å². The van der Waals surface area contributed by atoms with Gasteiger partial charge in [0, 0.05) is 41.0 Å². The second kappa shape index (κ2) is 7.82. The summed E-state index contributed by atoms with van der Waals surface area (Å²) in [6, 6.07) is 12.5. The van der Waals surface area contributed by atoms with E-state index in [1.807, 2.05) is 24.3 Å². The van der Waals surface area contributed by atoms with E-state index in [1.165, 1.54) is 7.11 Å². The molecule has 1 amide bonds. The van der Waals surface area contributed by atoms with Gasteiger partial charge in [0.15, 0.2) is 0 Å². The van der Waals surface area contributed by atoms with Crippen LogP contribution in [-0.4, -0.2) is 37.8 Å². The van der Waals surface area contributed by atoms with E-state index in [-0.39, 0.29) is 12.5 Å². The Morgan fingerprint density at radius 1 is 1.00 bits per heavy atom. The Hall–Kier alpha value is -3.48. The van der Waals surface area contributed by atoms with Gasteiger partial charge in [-0.1, -0.05) is 18.2 Å². The molecule has 0 aliphatic rings. The number of anilines is 1. The monoisotopic (exact) mass is 368 g/mol. The second-order valence-electron chi connectivity index (χ2n) is 5.83. The van der Waals surface area contributed by atoms with E-state index in [4.69, 9.17) is 14.2 Å². The third-order valence-electron chi connectivity index (χ3n) is 4.14. The lowest BCUT2D eigenvalue weighted by Crippen LogP contribution is -2.18. The number of benzene rings is 2. The summed E-state index contributed by atoms with van der Waals surface area (Å²) in [5.41, 5.74) is 1.75. The van der Waals surface area contributed by atoms with Crippen molar-refractivity contribution in [3.05, 3.63) is 54.2 Å². The van der Waals surface area contributed by atoms with E-state index in [2.05, 4.69) is 5.32 Å². The van der Waals surface area contributed by atoms with Crippen LogP contribution in [0.15, 0.2) is 48.7 Å². The molecule has 0 unspecified atom stereocenters. The van der Waals surface area contributed by atoms with Crippen LogP contribution < -0.4 is 14.8 Å². The minimum absolute atomic E-state index is 0.0387. The molecule has 0 bridgehead atoms. The molecule has 0 saturated heterocycles. The summed E-state index contributed by atoms with van der Waals surface area (Å²) in [4.78, 5) is 24.5. The van der Waals surface area contributed by atoms with Gasteiger partial charge in [0.25, 0.3) is 0 Å². The lowest BCUT2D eigenvalue weighted by molar-refractivity contribution is -0.116. The molecule has 0 spiro atoms. The van der Waals surface area contributed by atoms with Gasteiger partial charge < -0.3 is 24.1 Å². The number of rotatable bonds is 6. The van der Waals surface area contributed by atoms with Crippen molar-refractivity contribution in [2.75, 3.05) is 26.6 Å². The lowest BCUT2D eigenvalue weighted by Gasteiger charge is -2.10. The second-order valence-corrected chi connectivity index (χ2v) is 5.83. The Bertz CT molecular complexity index is 971. The van der Waals surface area contributed by atoms with Crippen molar-refractivity contribution >= 4 is 28.5 Å². The lowest BCUT2D eigenvalue weighted by atomic mass is 10.2. The molecule has 0 radical (unpaired) electrons. The molecule has 1 aromatic heterocycles. The fourth-order valence-electron chi connectivity index (χ4n) is 2.89. The quantitative estimate of drug-likeness (QED) is 0.677. The number of nitrogens with zero attached hydrogens (tertiary/aromatic N) is 1. The summed E-state index contributed by atoms with van der Waals surface area (Å²) in [7, 11) is 4.42. The number of carbonyl (C=O) groups is 2. The van der Waals surface area contributed by atoms with Gasteiger partial charge >= 0.3 is 5.97 Å². The highest BCUT2D eigenvalue weighted by atomic mass is 16.5. The zero-order valence-corrected chi connectivity index (χ0v) is 15.3. The van der Waals surface area contributed by atoms with E-state index in [0.29, 0.717) is 22.7 Å². The van der Waals surface area contributed by atoms with Crippen molar-refractivity contribution in [2.24, 2.45) is 0 Å². The number of esters is 1. The maximum Gasteiger partial charge on any atom is 0.340 e. The minimum Gasteiger partial charge on any atom is -0.497 e. The van der Waals surface area contributed by atoms with Crippen molar-refractivity contribution in [2.45, 2.75) is 6.54 Å². The topological polar surface area (TPSA) is 78.8 Å². The predicted octanol–water partition coefficient (Wildman–Crippen LogP) is 3.08. The molecule has 3 aromatic rings. The smallest absolute Gasteiger partial charge is 0.340 e. The molecule has 7 nitrogen and oxygen atoms in total. The Labute approximate surface area is 156 Å². The van der Waals surface area contributed by atoms with Gasteiger partial charge in [-0.25, -0.2) is 4.79 Å². The largest absolute Gasteiger partial charge is 0.497 e. The number of amides is 1.